The summed E-state index contributed by atoms with van der Waals surface area (Å²) in [6.07, 6.45) is -6.57. The summed E-state index contributed by atoms with van der Waals surface area (Å²) in [4.78, 5) is 4.84. The first-order valence-corrected chi connectivity index (χ1v) is 7.92. The smallest absolute Gasteiger partial charge is 0.425 e. The number of aromatic nitrogens is 1. The summed E-state index contributed by atoms with van der Waals surface area (Å²) in [5.41, 5.74) is 1.01. The standard InChI is InChI=1S/C14H12ClF3N2O2S/c15-13-20-6-8(23-13)5-19-7-1-2-11-9(3-7)10(21)4-12(22-11)14(16,17)18/h1-3,6,10,12,19,21H,4-5H2. The van der Waals surface area contributed by atoms with Gasteiger partial charge in [-0.25, -0.2) is 4.98 Å². The van der Waals surface area contributed by atoms with Crippen LogP contribution in [0.5, 0.6) is 5.75 Å². The Kier molecular flexibility index (Phi) is 4.39. The highest BCUT2D eigenvalue weighted by Crippen LogP contribution is 2.41. The third kappa shape index (κ3) is 3.70. The van der Waals surface area contributed by atoms with Crippen molar-refractivity contribution in [2.24, 2.45) is 0 Å². The van der Waals surface area contributed by atoms with E-state index in [9.17, 15) is 18.3 Å². The van der Waals surface area contributed by atoms with Gasteiger partial charge in [0.15, 0.2) is 10.6 Å². The molecule has 2 aromatic rings. The van der Waals surface area contributed by atoms with Crippen LogP contribution in [0, 0.1) is 0 Å². The highest BCUT2D eigenvalue weighted by atomic mass is 35.5. The van der Waals surface area contributed by atoms with Crippen LogP contribution in [0.4, 0.5) is 18.9 Å². The molecule has 0 radical (unpaired) electrons. The monoisotopic (exact) mass is 364 g/mol. The Labute approximate surface area is 138 Å². The predicted molar refractivity (Wildman–Crippen MR) is 80.9 cm³/mol. The Balaban J connectivity index is 1.73. The molecule has 0 saturated heterocycles. The molecule has 2 atom stereocenters. The fourth-order valence-corrected chi connectivity index (χ4v) is 3.23. The average molecular weight is 365 g/mol. The van der Waals surface area contributed by atoms with Crippen LogP contribution in [-0.2, 0) is 6.54 Å². The van der Waals surface area contributed by atoms with Crippen molar-refractivity contribution < 1.29 is 23.0 Å². The van der Waals surface area contributed by atoms with Crippen LogP contribution in [-0.4, -0.2) is 22.4 Å². The molecule has 0 spiro atoms. The van der Waals surface area contributed by atoms with Crippen LogP contribution in [0.3, 0.4) is 0 Å². The minimum Gasteiger partial charge on any atom is -0.480 e. The van der Waals surface area contributed by atoms with Gasteiger partial charge in [0, 0.05) is 28.7 Å². The second kappa shape index (κ2) is 6.18. The largest absolute Gasteiger partial charge is 0.480 e. The summed E-state index contributed by atoms with van der Waals surface area (Å²) in [6, 6.07) is 4.63. The number of ether oxygens (including phenoxy) is 1. The first-order chi connectivity index (χ1) is 10.8. The van der Waals surface area contributed by atoms with E-state index in [1.54, 1.807) is 18.3 Å². The summed E-state index contributed by atoms with van der Waals surface area (Å²) < 4.78 is 43.6. The third-order valence-electron chi connectivity index (χ3n) is 3.43. The summed E-state index contributed by atoms with van der Waals surface area (Å²) in [5, 5.41) is 13.1. The SMILES string of the molecule is OC1CC(C(F)(F)F)Oc2ccc(NCc3cnc(Cl)s3)cc21. The summed E-state index contributed by atoms with van der Waals surface area (Å²) in [6.45, 7) is 0.477. The van der Waals surface area contributed by atoms with E-state index in [0.717, 1.165) is 4.88 Å². The Hall–Kier alpha value is -1.51. The van der Waals surface area contributed by atoms with E-state index in [4.69, 9.17) is 16.3 Å². The van der Waals surface area contributed by atoms with Gasteiger partial charge >= 0.3 is 6.18 Å². The van der Waals surface area contributed by atoms with Crippen molar-refractivity contribution in [3.63, 3.8) is 0 Å². The summed E-state index contributed by atoms with van der Waals surface area (Å²) in [5.74, 6) is 0.0532. The minimum absolute atomic E-state index is 0.0532. The number of alkyl halides is 3. The zero-order chi connectivity index (χ0) is 16.6. The molecule has 1 aromatic carbocycles. The van der Waals surface area contributed by atoms with Crippen molar-refractivity contribution in [1.82, 2.24) is 4.98 Å². The lowest BCUT2D eigenvalue weighted by Gasteiger charge is -2.31. The Morgan fingerprint density at radius 2 is 2.22 bits per heavy atom. The molecule has 0 aliphatic carbocycles. The van der Waals surface area contributed by atoms with Gasteiger partial charge in [-0.2, -0.15) is 13.2 Å². The molecule has 0 fully saturated rings. The normalized spacial score (nSPS) is 20.7. The van der Waals surface area contributed by atoms with Gasteiger partial charge in [0.25, 0.3) is 0 Å². The Morgan fingerprint density at radius 1 is 1.43 bits per heavy atom. The number of halogens is 4. The molecule has 1 aliphatic rings. The molecular formula is C14H12ClF3N2O2S. The van der Waals surface area contributed by atoms with Crippen molar-refractivity contribution in [2.75, 3.05) is 5.32 Å². The number of fused-ring (bicyclic) bond motifs is 1. The molecule has 0 amide bonds. The molecule has 2 unspecified atom stereocenters. The molecule has 23 heavy (non-hydrogen) atoms. The van der Waals surface area contributed by atoms with Crippen LogP contribution in [0.1, 0.15) is 23.0 Å². The Morgan fingerprint density at radius 3 is 2.87 bits per heavy atom. The van der Waals surface area contributed by atoms with Gasteiger partial charge < -0.3 is 15.2 Å². The predicted octanol–water partition coefficient (Wildman–Crippen LogP) is 4.16. The van der Waals surface area contributed by atoms with Crippen LogP contribution in [0.25, 0.3) is 0 Å². The first-order valence-electron chi connectivity index (χ1n) is 6.72. The number of thiazole rings is 1. The van der Waals surface area contributed by atoms with E-state index in [-0.39, 0.29) is 5.75 Å². The van der Waals surface area contributed by atoms with Gasteiger partial charge in [0.1, 0.15) is 5.75 Å². The second-order valence-corrected chi connectivity index (χ2v) is 6.78. The highest BCUT2D eigenvalue weighted by molar-refractivity contribution is 7.15. The Bertz CT molecular complexity index is 708. The molecule has 1 aliphatic heterocycles. The van der Waals surface area contributed by atoms with Gasteiger partial charge in [-0.15, -0.1) is 11.3 Å². The molecule has 2 heterocycles. The third-order valence-corrected chi connectivity index (χ3v) is 4.55. The molecule has 2 N–H and O–H groups in total. The number of benzene rings is 1. The number of nitrogens with one attached hydrogen (secondary N) is 1. The van der Waals surface area contributed by atoms with Gasteiger partial charge in [-0.3, -0.25) is 0 Å². The number of anilines is 1. The zero-order valence-electron chi connectivity index (χ0n) is 11.6. The fourth-order valence-electron chi connectivity index (χ4n) is 2.31. The molecule has 9 heteroatoms. The number of nitrogens with zero attached hydrogens (tertiary/aromatic N) is 1. The van der Waals surface area contributed by atoms with E-state index < -0.39 is 24.8 Å². The molecule has 3 rings (SSSR count). The molecule has 124 valence electrons. The van der Waals surface area contributed by atoms with Crippen LogP contribution in [0.15, 0.2) is 24.4 Å². The quantitative estimate of drug-likeness (QED) is 0.858. The van der Waals surface area contributed by atoms with Crippen molar-refractivity contribution in [2.45, 2.75) is 31.3 Å². The van der Waals surface area contributed by atoms with Crippen LogP contribution in [0.2, 0.25) is 4.47 Å². The van der Waals surface area contributed by atoms with Gasteiger partial charge in [0.2, 0.25) is 0 Å². The highest BCUT2D eigenvalue weighted by Gasteiger charge is 2.45. The zero-order valence-corrected chi connectivity index (χ0v) is 13.2. The van der Waals surface area contributed by atoms with E-state index in [0.29, 0.717) is 22.3 Å². The number of aliphatic hydroxyl groups is 1. The first kappa shape index (κ1) is 16.4. The number of hydrogen-bond donors (Lipinski definition) is 2. The lowest BCUT2D eigenvalue weighted by molar-refractivity contribution is -0.207. The summed E-state index contributed by atoms with van der Waals surface area (Å²) in [7, 11) is 0. The van der Waals surface area contributed by atoms with Gasteiger partial charge in [-0.05, 0) is 18.2 Å². The van der Waals surface area contributed by atoms with Crippen molar-refractivity contribution in [3.05, 3.63) is 39.3 Å². The van der Waals surface area contributed by atoms with E-state index >= 15 is 0 Å². The van der Waals surface area contributed by atoms with Crippen LogP contribution < -0.4 is 10.1 Å². The van der Waals surface area contributed by atoms with Gasteiger partial charge in [-0.1, -0.05) is 11.6 Å². The second-order valence-electron chi connectivity index (χ2n) is 5.09. The molecule has 0 bridgehead atoms. The number of rotatable bonds is 3. The maximum Gasteiger partial charge on any atom is 0.425 e. The minimum atomic E-state index is -4.50. The number of hydrogen-bond acceptors (Lipinski definition) is 5. The molecule has 0 saturated carbocycles. The lowest BCUT2D eigenvalue weighted by atomic mass is 9.98. The topological polar surface area (TPSA) is 54.4 Å². The maximum absolute atomic E-state index is 12.7. The van der Waals surface area contributed by atoms with E-state index in [1.807, 2.05) is 0 Å². The van der Waals surface area contributed by atoms with Crippen LogP contribution >= 0.6 is 22.9 Å². The van der Waals surface area contributed by atoms with E-state index in [1.165, 1.54) is 17.4 Å². The van der Waals surface area contributed by atoms with Crippen molar-refractivity contribution in [1.29, 1.82) is 0 Å². The maximum atomic E-state index is 12.7. The number of aliphatic hydroxyl groups excluding tert-OH is 1. The lowest BCUT2D eigenvalue weighted by Crippen LogP contribution is -2.38. The van der Waals surface area contributed by atoms with Crippen molar-refractivity contribution >= 4 is 28.6 Å². The summed E-state index contributed by atoms with van der Waals surface area (Å²) >= 11 is 7.08. The molecule has 4 nitrogen and oxygen atoms in total. The van der Waals surface area contributed by atoms with E-state index in [2.05, 4.69) is 10.3 Å². The fraction of sp³-hybridized carbons (Fsp3) is 0.357. The average Bonchev–Trinajstić information content (AvgIpc) is 2.90. The van der Waals surface area contributed by atoms with Gasteiger partial charge in [0.05, 0.1) is 12.6 Å². The molecular weight excluding hydrogens is 353 g/mol. The van der Waals surface area contributed by atoms with Crippen molar-refractivity contribution in [3.8, 4) is 5.75 Å². The molecule has 1 aromatic heterocycles.